The van der Waals surface area contributed by atoms with Gasteiger partial charge in [0.25, 0.3) is 0 Å². The quantitative estimate of drug-likeness (QED) is 0.789. The topological polar surface area (TPSA) is 41.5 Å². The smallest absolute Gasteiger partial charge is 0.0928 e. The van der Waals surface area contributed by atoms with Gasteiger partial charge in [0.05, 0.1) is 12.2 Å². The predicted octanol–water partition coefficient (Wildman–Crippen LogP) is 2.92. The Morgan fingerprint density at radius 2 is 2.21 bits per heavy atom. The molecule has 1 aliphatic heterocycles. The Morgan fingerprint density at radius 1 is 1.37 bits per heavy atom. The average Bonchev–Trinajstić information content (AvgIpc) is 2.45. The minimum absolute atomic E-state index is 0.388. The molecule has 0 saturated carbocycles. The molecule has 1 aliphatic rings. The molecule has 19 heavy (non-hydrogen) atoms. The third-order valence-electron chi connectivity index (χ3n) is 3.52. The average molecular weight is 284 g/mol. The molecule has 2 unspecified atom stereocenters. The Kier molecular flexibility index (Phi) is 6.11. The third kappa shape index (κ3) is 4.77. The molecule has 1 fully saturated rings. The molecule has 0 bridgehead atoms. The van der Waals surface area contributed by atoms with Gasteiger partial charge >= 0.3 is 0 Å². The van der Waals surface area contributed by atoms with E-state index in [0.29, 0.717) is 17.7 Å². The number of rotatable bonds is 6. The lowest BCUT2D eigenvalue weighted by Crippen LogP contribution is -2.28. The van der Waals surface area contributed by atoms with E-state index >= 15 is 0 Å². The van der Waals surface area contributed by atoms with E-state index in [0.717, 1.165) is 31.6 Å². The summed E-state index contributed by atoms with van der Waals surface area (Å²) in [5.74, 6) is 0. The van der Waals surface area contributed by atoms with Crippen molar-refractivity contribution in [3.05, 3.63) is 34.9 Å². The van der Waals surface area contributed by atoms with E-state index in [1.807, 2.05) is 18.2 Å². The lowest BCUT2D eigenvalue weighted by atomic mass is 10.1. The van der Waals surface area contributed by atoms with Gasteiger partial charge in [-0.3, -0.25) is 0 Å². The summed E-state index contributed by atoms with van der Waals surface area (Å²) in [7, 11) is 0. The van der Waals surface area contributed by atoms with Gasteiger partial charge in [-0.2, -0.15) is 0 Å². The minimum Gasteiger partial charge on any atom is -0.387 e. The van der Waals surface area contributed by atoms with Gasteiger partial charge in [-0.1, -0.05) is 29.8 Å². The number of ether oxygens (including phenoxy) is 1. The first-order valence-corrected chi connectivity index (χ1v) is 7.40. The van der Waals surface area contributed by atoms with Gasteiger partial charge in [-0.25, -0.2) is 0 Å². The maximum atomic E-state index is 10.1. The van der Waals surface area contributed by atoms with Gasteiger partial charge in [-0.05, 0) is 38.3 Å². The van der Waals surface area contributed by atoms with Crippen molar-refractivity contribution in [1.29, 1.82) is 0 Å². The van der Waals surface area contributed by atoms with Crippen LogP contribution in [0.1, 0.15) is 37.4 Å². The van der Waals surface area contributed by atoms with Crippen molar-refractivity contribution >= 4 is 11.6 Å². The molecule has 1 heterocycles. The molecule has 0 spiro atoms. The molecule has 4 heteroatoms. The predicted molar refractivity (Wildman–Crippen MR) is 77.5 cm³/mol. The van der Waals surface area contributed by atoms with Crippen molar-refractivity contribution in [2.45, 2.75) is 37.9 Å². The van der Waals surface area contributed by atoms with Crippen LogP contribution in [0.25, 0.3) is 0 Å². The molecule has 0 amide bonds. The fourth-order valence-electron chi connectivity index (χ4n) is 2.39. The van der Waals surface area contributed by atoms with Gasteiger partial charge in [0.2, 0.25) is 0 Å². The van der Waals surface area contributed by atoms with E-state index in [9.17, 15) is 5.11 Å². The molecule has 0 aromatic heterocycles. The standard InChI is InChI=1S/C15H22ClNO2/c16-14-7-2-1-6-13(14)15(18)11-17-9-8-12-5-3-4-10-19-12/h1-2,6-7,12,15,17-18H,3-5,8-11H2. The highest BCUT2D eigenvalue weighted by atomic mass is 35.5. The Bertz CT molecular complexity index is 380. The van der Waals surface area contributed by atoms with Gasteiger partial charge in [-0.15, -0.1) is 0 Å². The van der Waals surface area contributed by atoms with Crippen molar-refractivity contribution in [2.75, 3.05) is 19.7 Å². The van der Waals surface area contributed by atoms with Crippen LogP contribution in [0.4, 0.5) is 0 Å². The third-order valence-corrected chi connectivity index (χ3v) is 3.86. The van der Waals surface area contributed by atoms with E-state index in [4.69, 9.17) is 16.3 Å². The molecule has 1 saturated heterocycles. The van der Waals surface area contributed by atoms with E-state index in [2.05, 4.69) is 5.32 Å². The summed E-state index contributed by atoms with van der Waals surface area (Å²) in [6, 6.07) is 7.42. The first-order valence-electron chi connectivity index (χ1n) is 7.02. The van der Waals surface area contributed by atoms with Crippen LogP contribution in [0, 0.1) is 0 Å². The van der Waals surface area contributed by atoms with E-state index in [1.165, 1.54) is 12.8 Å². The van der Waals surface area contributed by atoms with E-state index in [1.54, 1.807) is 6.07 Å². The number of halogens is 1. The monoisotopic (exact) mass is 283 g/mol. The number of benzene rings is 1. The van der Waals surface area contributed by atoms with Crippen LogP contribution in [0.2, 0.25) is 5.02 Å². The maximum absolute atomic E-state index is 10.1. The Hall–Kier alpha value is -0.610. The SMILES string of the molecule is OC(CNCCC1CCCCO1)c1ccccc1Cl. The zero-order valence-electron chi connectivity index (χ0n) is 11.1. The Labute approximate surface area is 119 Å². The van der Waals surface area contributed by atoms with Crippen LogP contribution in [-0.2, 0) is 4.74 Å². The Morgan fingerprint density at radius 3 is 2.95 bits per heavy atom. The zero-order valence-corrected chi connectivity index (χ0v) is 11.9. The summed E-state index contributed by atoms with van der Waals surface area (Å²) in [5, 5.41) is 13.9. The van der Waals surface area contributed by atoms with Crippen LogP contribution in [-0.4, -0.2) is 30.9 Å². The van der Waals surface area contributed by atoms with Crippen molar-refractivity contribution in [3.63, 3.8) is 0 Å². The molecule has 0 aliphatic carbocycles. The first kappa shape index (κ1) is 14.8. The summed E-state index contributed by atoms with van der Waals surface area (Å²) in [6.45, 7) is 2.29. The second-order valence-corrected chi connectivity index (χ2v) is 5.43. The summed E-state index contributed by atoms with van der Waals surface area (Å²) >= 11 is 6.05. The highest BCUT2D eigenvalue weighted by Gasteiger charge is 2.14. The number of nitrogens with one attached hydrogen (secondary N) is 1. The van der Waals surface area contributed by atoms with Gasteiger partial charge < -0.3 is 15.2 Å². The van der Waals surface area contributed by atoms with Crippen molar-refractivity contribution in [2.24, 2.45) is 0 Å². The zero-order chi connectivity index (χ0) is 13.5. The van der Waals surface area contributed by atoms with Crippen LogP contribution < -0.4 is 5.32 Å². The fraction of sp³-hybridized carbons (Fsp3) is 0.600. The second kappa shape index (κ2) is 7.85. The summed E-state index contributed by atoms with van der Waals surface area (Å²) in [5.41, 5.74) is 0.783. The molecule has 0 radical (unpaired) electrons. The highest BCUT2D eigenvalue weighted by Crippen LogP contribution is 2.22. The second-order valence-electron chi connectivity index (χ2n) is 5.02. The molecule has 106 valence electrons. The van der Waals surface area contributed by atoms with Crippen molar-refractivity contribution < 1.29 is 9.84 Å². The molecule has 2 N–H and O–H groups in total. The lowest BCUT2D eigenvalue weighted by Gasteiger charge is -2.23. The normalized spacial score (nSPS) is 21.3. The van der Waals surface area contributed by atoms with Crippen LogP contribution >= 0.6 is 11.6 Å². The number of hydrogen-bond donors (Lipinski definition) is 2. The summed E-state index contributed by atoms with van der Waals surface area (Å²) in [6.07, 6.45) is 4.46. The number of aliphatic hydroxyl groups is 1. The molecule has 2 atom stereocenters. The van der Waals surface area contributed by atoms with Gasteiger partial charge in [0.1, 0.15) is 0 Å². The van der Waals surface area contributed by atoms with Crippen molar-refractivity contribution in [3.8, 4) is 0 Å². The fourth-order valence-corrected chi connectivity index (χ4v) is 2.65. The molecule has 1 aromatic rings. The van der Waals surface area contributed by atoms with Crippen LogP contribution in [0.5, 0.6) is 0 Å². The maximum Gasteiger partial charge on any atom is 0.0928 e. The largest absolute Gasteiger partial charge is 0.387 e. The Balaban J connectivity index is 1.66. The van der Waals surface area contributed by atoms with E-state index in [-0.39, 0.29) is 0 Å². The molecular weight excluding hydrogens is 262 g/mol. The van der Waals surface area contributed by atoms with Crippen molar-refractivity contribution in [1.82, 2.24) is 5.32 Å². The van der Waals surface area contributed by atoms with Gasteiger partial charge in [0.15, 0.2) is 0 Å². The first-order chi connectivity index (χ1) is 9.27. The molecular formula is C15H22ClNO2. The molecule has 1 aromatic carbocycles. The minimum atomic E-state index is -0.555. The van der Waals surface area contributed by atoms with Gasteiger partial charge in [0, 0.05) is 23.7 Å². The van der Waals surface area contributed by atoms with Crippen LogP contribution in [0.3, 0.4) is 0 Å². The number of aliphatic hydroxyl groups excluding tert-OH is 1. The van der Waals surface area contributed by atoms with Crippen LogP contribution in [0.15, 0.2) is 24.3 Å². The number of hydrogen-bond acceptors (Lipinski definition) is 3. The van der Waals surface area contributed by atoms with E-state index < -0.39 is 6.10 Å². The lowest BCUT2D eigenvalue weighted by molar-refractivity contribution is 0.0111. The summed E-state index contributed by atoms with van der Waals surface area (Å²) < 4.78 is 5.67. The highest BCUT2D eigenvalue weighted by molar-refractivity contribution is 6.31. The molecule has 2 rings (SSSR count). The molecule has 3 nitrogen and oxygen atoms in total. The summed E-state index contributed by atoms with van der Waals surface area (Å²) in [4.78, 5) is 0.